The zero-order chi connectivity index (χ0) is 21.6. The lowest BCUT2D eigenvalue weighted by Crippen LogP contribution is -2.44. The van der Waals surface area contributed by atoms with E-state index in [0.29, 0.717) is 17.9 Å². The molecule has 1 aromatic carbocycles. The van der Waals surface area contributed by atoms with Gasteiger partial charge in [-0.3, -0.25) is 4.79 Å². The van der Waals surface area contributed by atoms with Crippen LogP contribution >= 0.6 is 35.0 Å². The van der Waals surface area contributed by atoms with Crippen LogP contribution < -0.4 is 14.9 Å². The van der Waals surface area contributed by atoms with Gasteiger partial charge in [-0.25, -0.2) is 13.4 Å². The van der Waals surface area contributed by atoms with Crippen LogP contribution in [-0.2, 0) is 14.8 Å². The van der Waals surface area contributed by atoms with E-state index in [1.165, 1.54) is 36.2 Å². The van der Waals surface area contributed by atoms with E-state index in [1.807, 2.05) is 25.3 Å². The number of anilines is 2. The third-order valence-corrected chi connectivity index (χ3v) is 6.71. The van der Waals surface area contributed by atoms with Crippen molar-refractivity contribution in [3.63, 3.8) is 0 Å². The quantitative estimate of drug-likeness (QED) is 0.575. The highest BCUT2D eigenvalue weighted by Gasteiger charge is 2.27. The zero-order valence-electron chi connectivity index (χ0n) is 16.1. The maximum atomic E-state index is 12.8. The highest BCUT2D eigenvalue weighted by Crippen LogP contribution is 2.25. The Kier molecular flexibility index (Phi) is 8.59. The van der Waals surface area contributed by atoms with E-state index in [0.717, 1.165) is 5.82 Å². The lowest BCUT2D eigenvalue weighted by atomic mass is 10.2. The number of carbonyl (C=O) groups excluding carboxylic acids is 1. The standard InChI is InChI=1S/C18H22Cl2N4O3S2/c1-24(2)17-7-5-13(11-21-17)22-18(25)15(8-9-28-3)23-29(26,27)16-10-12(19)4-6-14(16)20/h4-7,10-11,15,23H,8-9H2,1-3H3,(H,22,25). The molecule has 0 spiro atoms. The van der Waals surface area contributed by atoms with E-state index in [1.54, 1.807) is 12.1 Å². The van der Waals surface area contributed by atoms with Crippen molar-refractivity contribution < 1.29 is 13.2 Å². The third-order valence-electron chi connectivity index (χ3n) is 3.88. The number of hydrogen-bond acceptors (Lipinski definition) is 6. The van der Waals surface area contributed by atoms with Crippen molar-refractivity contribution in [2.45, 2.75) is 17.4 Å². The van der Waals surface area contributed by atoms with Crippen molar-refractivity contribution >= 4 is 62.4 Å². The van der Waals surface area contributed by atoms with E-state index < -0.39 is 22.0 Å². The molecule has 1 aromatic heterocycles. The second-order valence-corrected chi connectivity index (χ2v) is 9.83. The zero-order valence-corrected chi connectivity index (χ0v) is 19.3. The third kappa shape index (κ3) is 6.75. The molecule has 158 valence electrons. The Morgan fingerprint density at radius 2 is 1.97 bits per heavy atom. The van der Waals surface area contributed by atoms with Gasteiger partial charge < -0.3 is 10.2 Å². The van der Waals surface area contributed by atoms with Crippen LogP contribution in [0.4, 0.5) is 11.5 Å². The molecule has 0 fully saturated rings. The number of amides is 1. The summed E-state index contributed by atoms with van der Waals surface area (Å²) in [6, 6.07) is 6.60. The van der Waals surface area contributed by atoms with Gasteiger partial charge in [-0.2, -0.15) is 16.5 Å². The fourth-order valence-electron chi connectivity index (χ4n) is 2.37. The van der Waals surface area contributed by atoms with E-state index in [-0.39, 0.29) is 14.9 Å². The van der Waals surface area contributed by atoms with Gasteiger partial charge in [0.2, 0.25) is 15.9 Å². The predicted molar refractivity (Wildman–Crippen MR) is 121 cm³/mol. The number of pyridine rings is 1. The van der Waals surface area contributed by atoms with Crippen molar-refractivity contribution in [1.29, 1.82) is 0 Å². The van der Waals surface area contributed by atoms with Crippen LogP contribution in [0.2, 0.25) is 10.0 Å². The van der Waals surface area contributed by atoms with Gasteiger partial charge in [0.15, 0.2) is 0 Å². The molecule has 2 aromatic rings. The van der Waals surface area contributed by atoms with Crippen LogP contribution in [-0.4, -0.2) is 51.5 Å². The molecule has 0 radical (unpaired) electrons. The molecule has 2 rings (SSSR count). The smallest absolute Gasteiger partial charge is 0.242 e. The second kappa shape index (κ2) is 10.5. The maximum Gasteiger partial charge on any atom is 0.242 e. The summed E-state index contributed by atoms with van der Waals surface area (Å²) in [6.07, 6.45) is 3.69. The Hall–Kier alpha value is -1.52. The summed E-state index contributed by atoms with van der Waals surface area (Å²) in [5.74, 6) is 0.834. The summed E-state index contributed by atoms with van der Waals surface area (Å²) in [7, 11) is -0.345. The van der Waals surface area contributed by atoms with Crippen molar-refractivity contribution in [3.8, 4) is 0 Å². The lowest BCUT2D eigenvalue weighted by molar-refractivity contribution is -0.117. The van der Waals surface area contributed by atoms with E-state index in [2.05, 4.69) is 15.0 Å². The van der Waals surface area contributed by atoms with E-state index >= 15 is 0 Å². The van der Waals surface area contributed by atoms with Gasteiger partial charge in [-0.05, 0) is 48.8 Å². The number of nitrogens with one attached hydrogen (secondary N) is 2. The topological polar surface area (TPSA) is 91.4 Å². The Labute approximate surface area is 185 Å². The summed E-state index contributed by atoms with van der Waals surface area (Å²) >= 11 is 13.4. The van der Waals surface area contributed by atoms with Crippen molar-refractivity contribution in [2.24, 2.45) is 0 Å². The first-order chi connectivity index (χ1) is 13.6. The molecule has 1 amide bonds. The number of hydrogen-bond donors (Lipinski definition) is 2. The Balaban J connectivity index is 2.21. The van der Waals surface area contributed by atoms with Gasteiger partial charge in [-0.15, -0.1) is 0 Å². The summed E-state index contributed by atoms with van der Waals surface area (Å²) < 4.78 is 28.0. The van der Waals surface area contributed by atoms with E-state index in [9.17, 15) is 13.2 Å². The molecule has 7 nitrogen and oxygen atoms in total. The van der Waals surface area contributed by atoms with Gasteiger partial charge in [-0.1, -0.05) is 23.2 Å². The first-order valence-electron chi connectivity index (χ1n) is 8.54. The van der Waals surface area contributed by atoms with Crippen LogP contribution in [0.25, 0.3) is 0 Å². The molecule has 2 N–H and O–H groups in total. The first-order valence-corrected chi connectivity index (χ1v) is 12.2. The second-order valence-electron chi connectivity index (χ2n) is 6.32. The number of thioether (sulfide) groups is 1. The molecule has 0 aliphatic carbocycles. The Morgan fingerprint density at radius 3 is 2.55 bits per heavy atom. The van der Waals surface area contributed by atoms with Crippen molar-refractivity contribution in [2.75, 3.05) is 36.3 Å². The molecule has 0 bridgehead atoms. The minimum atomic E-state index is -4.06. The fraction of sp³-hybridized carbons (Fsp3) is 0.333. The number of sulfonamides is 1. The minimum Gasteiger partial charge on any atom is -0.363 e. The number of rotatable bonds is 9. The Morgan fingerprint density at radius 1 is 1.24 bits per heavy atom. The summed E-state index contributed by atoms with van der Waals surface area (Å²) in [6.45, 7) is 0. The van der Waals surface area contributed by atoms with Gasteiger partial charge in [0, 0.05) is 19.1 Å². The van der Waals surface area contributed by atoms with Crippen LogP contribution in [0.1, 0.15) is 6.42 Å². The highest BCUT2D eigenvalue weighted by atomic mass is 35.5. The molecule has 1 unspecified atom stereocenters. The molecule has 29 heavy (non-hydrogen) atoms. The molecular formula is C18H22Cl2N4O3S2. The molecule has 1 atom stereocenters. The normalized spacial score (nSPS) is 12.4. The molecular weight excluding hydrogens is 455 g/mol. The molecule has 0 aliphatic rings. The average molecular weight is 477 g/mol. The summed E-state index contributed by atoms with van der Waals surface area (Å²) in [4.78, 5) is 18.6. The lowest BCUT2D eigenvalue weighted by Gasteiger charge is -2.19. The number of nitrogens with zero attached hydrogens (tertiary/aromatic N) is 2. The van der Waals surface area contributed by atoms with Crippen LogP contribution in [0.3, 0.4) is 0 Å². The molecule has 0 saturated heterocycles. The van der Waals surface area contributed by atoms with Gasteiger partial charge in [0.25, 0.3) is 0 Å². The molecule has 0 aliphatic heterocycles. The van der Waals surface area contributed by atoms with Gasteiger partial charge in [0.1, 0.15) is 16.8 Å². The first kappa shape index (κ1) is 23.8. The van der Waals surface area contributed by atoms with E-state index in [4.69, 9.17) is 23.2 Å². The number of benzene rings is 1. The molecule has 0 saturated carbocycles. The highest BCUT2D eigenvalue weighted by molar-refractivity contribution is 7.98. The van der Waals surface area contributed by atoms with Gasteiger partial charge >= 0.3 is 0 Å². The summed E-state index contributed by atoms with van der Waals surface area (Å²) in [5.41, 5.74) is 0.467. The maximum absolute atomic E-state index is 12.8. The van der Waals surface area contributed by atoms with Crippen molar-refractivity contribution in [3.05, 3.63) is 46.6 Å². The predicted octanol–water partition coefficient (Wildman–Crippen LogP) is 3.49. The van der Waals surface area contributed by atoms with Gasteiger partial charge in [0.05, 0.1) is 16.9 Å². The molecule has 1 heterocycles. The SMILES string of the molecule is CSCCC(NS(=O)(=O)c1cc(Cl)ccc1Cl)C(=O)Nc1ccc(N(C)C)nc1. The fourth-order valence-corrected chi connectivity index (χ4v) is 4.83. The van der Waals surface area contributed by atoms with Crippen LogP contribution in [0.5, 0.6) is 0 Å². The monoisotopic (exact) mass is 476 g/mol. The number of aromatic nitrogens is 1. The summed E-state index contributed by atoms with van der Waals surface area (Å²) in [5, 5.41) is 2.95. The van der Waals surface area contributed by atoms with Crippen LogP contribution in [0, 0.1) is 0 Å². The largest absolute Gasteiger partial charge is 0.363 e. The molecule has 11 heteroatoms. The van der Waals surface area contributed by atoms with Crippen LogP contribution in [0.15, 0.2) is 41.4 Å². The average Bonchev–Trinajstić information content (AvgIpc) is 2.67. The number of carbonyl (C=O) groups is 1. The minimum absolute atomic E-state index is 0.0226. The Bertz CT molecular complexity index is 954. The van der Waals surface area contributed by atoms with Crippen molar-refractivity contribution in [1.82, 2.24) is 9.71 Å². The number of halogens is 2.